The van der Waals surface area contributed by atoms with Crippen molar-refractivity contribution >= 4 is 11.7 Å². The summed E-state index contributed by atoms with van der Waals surface area (Å²) in [6, 6.07) is 6.46. The minimum Gasteiger partial charge on any atom is -0.480 e. The van der Waals surface area contributed by atoms with E-state index < -0.39 is 12.0 Å². The van der Waals surface area contributed by atoms with Crippen LogP contribution in [0.5, 0.6) is 0 Å². The highest BCUT2D eigenvalue weighted by Crippen LogP contribution is 2.08. The van der Waals surface area contributed by atoms with E-state index >= 15 is 0 Å². The lowest BCUT2D eigenvalue weighted by atomic mass is 10.1. The fourth-order valence-corrected chi connectivity index (χ4v) is 1.50. The molecular formula is C12H19N3O3. The molecule has 0 fully saturated rings. The lowest BCUT2D eigenvalue weighted by Crippen LogP contribution is -2.43. The average Bonchev–Trinajstić information content (AvgIpc) is 2.35. The maximum Gasteiger partial charge on any atom is 0.321 e. The van der Waals surface area contributed by atoms with Crippen LogP contribution in [0.2, 0.25) is 0 Å². The number of benzene rings is 1. The summed E-state index contributed by atoms with van der Waals surface area (Å²) in [4.78, 5) is 11.1. The Labute approximate surface area is 106 Å². The number of hydrogen-bond donors (Lipinski definition) is 5. The Balaban J connectivity index is 2.47. The van der Waals surface area contributed by atoms with Gasteiger partial charge in [-0.25, -0.2) is 0 Å². The number of carboxylic acid groups (broad SMARTS) is 1. The first kappa shape index (κ1) is 14.4. The molecule has 0 spiro atoms. The normalized spacial score (nSPS) is 12.3. The molecule has 0 unspecified atom stereocenters. The molecule has 1 aromatic carbocycles. The number of carbonyl (C=O) groups is 1. The zero-order valence-corrected chi connectivity index (χ0v) is 10.1. The summed E-state index contributed by atoms with van der Waals surface area (Å²) in [6.45, 7) is 0.797. The number of nitrogens with two attached hydrogens (primary N) is 1. The number of aliphatic hydroxyl groups is 1. The fourth-order valence-electron chi connectivity index (χ4n) is 1.50. The number of aliphatic carboxylic acids is 1. The van der Waals surface area contributed by atoms with E-state index in [9.17, 15) is 4.79 Å². The van der Waals surface area contributed by atoms with Crippen molar-refractivity contribution in [3.8, 4) is 0 Å². The fraction of sp³-hybridized carbons (Fsp3) is 0.417. The van der Waals surface area contributed by atoms with Crippen molar-refractivity contribution in [3.63, 3.8) is 0 Å². The predicted octanol–water partition coefficient (Wildman–Crippen LogP) is -0.606. The summed E-state index contributed by atoms with van der Waals surface area (Å²) >= 11 is 0. The Hall–Kier alpha value is -1.63. The Morgan fingerprint density at radius 3 is 2.56 bits per heavy atom. The second-order valence-electron chi connectivity index (χ2n) is 3.94. The quantitative estimate of drug-likeness (QED) is 0.240. The summed E-state index contributed by atoms with van der Waals surface area (Å²) in [6.07, 6.45) is 0.385. The first-order valence-corrected chi connectivity index (χ1v) is 5.75. The van der Waals surface area contributed by atoms with Gasteiger partial charge in [0.15, 0.2) is 0 Å². The average molecular weight is 253 g/mol. The number of aliphatic hydroxyl groups excluding tert-OH is 1. The lowest BCUT2D eigenvalue weighted by Gasteiger charge is -2.15. The molecule has 0 aliphatic rings. The number of rotatable bonds is 8. The summed E-state index contributed by atoms with van der Waals surface area (Å²) in [5.74, 6) is -0.905. The molecule has 6 nitrogen and oxygen atoms in total. The van der Waals surface area contributed by atoms with Crippen LogP contribution in [-0.4, -0.2) is 42.0 Å². The third kappa shape index (κ3) is 5.13. The van der Waals surface area contributed by atoms with Crippen LogP contribution in [-0.2, 0) is 11.2 Å². The van der Waals surface area contributed by atoms with Crippen LogP contribution in [0.3, 0.4) is 0 Å². The van der Waals surface area contributed by atoms with Gasteiger partial charge in [0.2, 0.25) is 0 Å². The first-order valence-electron chi connectivity index (χ1n) is 5.75. The van der Waals surface area contributed by atoms with E-state index in [1.54, 1.807) is 12.1 Å². The van der Waals surface area contributed by atoms with Crippen LogP contribution in [0, 0.1) is 0 Å². The number of hydrogen-bond acceptors (Lipinski definition) is 5. The Bertz CT molecular complexity index is 367. The summed E-state index contributed by atoms with van der Waals surface area (Å²) < 4.78 is 0. The third-order valence-electron chi connectivity index (χ3n) is 2.48. The predicted molar refractivity (Wildman–Crippen MR) is 69.1 cm³/mol. The van der Waals surface area contributed by atoms with E-state index in [0.29, 0.717) is 25.3 Å². The van der Waals surface area contributed by atoms with Gasteiger partial charge in [0.25, 0.3) is 0 Å². The minimum atomic E-state index is -0.905. The van der Waals surface area contributed by atoms with Gasteiger partial charge in [-0.1, -0.05) is 12.1 Å². The number of nitrogen functional groups attached to an aromatic ring is 1. The van der Waals surface area contributed by atoms with Crippen molar-refractivity contribution in [1.82, 2.24) is 10.6 Å². The van der Waals surface area contributed by atoms with E-state index in [0.717, 1.165) is 5.56 Å². The molecule has 0 amide bonds. The van der Waals surface area contributed by atoms with E-state index in [2.05, 4.69) is 10.6 Å². The van der Waals surface area contributed by atoms with Crippen LogP contribution in [0.15, 0.2) is 24.3 Å². The summed E-state index contributed by atoms with van der Waals surface area (Å²) in [5, 5.41) is 23.4. The molecule has 0 aromatic heterocycles. The third-order valence-corrected chi connectivity index (χ3v) is 2.48. The smallest absolute Gasteiger partial charge is 0.321 e. The maximum atomic E-state index is 11.1. The van der Waals surface area contributed by atoms with Gasteiger partial charge >= 0.3 is 5.97 Å². The molecule has 0 heterocycles. The van der Waals surface area contributed by atoms with E-state index in [1.165, 1.54) is 0 Å². The molecule has 0 saturated heterocycles. The van der Waals surface area contributed by atoms with Crippen molar-refractivity contribution in [1.29, 1.82) is 0 Å². The first-order chi connectivity index (χ1) is 8.63. The van der Waals surface area contributed by atoms with E-state index in [4.69, 9.17) is 15.9 Å². The van der Waals surface area contributed by atoms with Crippen LogP contribution in [0.25, 0.3) is 0 Å². The summed E-state index contributed by atoms with van der Waals surface area (Å²) in [5.41, 5.74) is 7.13. The highest BCUT2D eigenvalue weighted by molar-refractivity contribution is 5.73. The number of carboxylic acids is 1. The monoisotopic (exact) mass is 253 g/mol. The molecule has 0 aliphatic heterocycles. The maximum absolute atomic E-state index is 11.1. The zero-order valence-electron chi connectivity index (χ0n) is 10.1. The summed E-state index contributed by atoms with van der Waals surface area (Å²) in [7, 11) is 0. The van der Waals surface area contributed by atoms with Crippen molar-refractivity contribution in [2.45, 2.75) is 12.5 Å². The molecule has 1 atom stereocenters. The van der Waals surface area contributed by atoms with Crippen molar-refractivity contribution in [2.24, 2.45) is 0 Å². The van der Waals surface area contributed by atoms with Gasteiger partial charge in [-0.05, 0) is 24.1 Å². The molecule has 6 heteroatoms. The lowest BCUT2D eigenvalue weighted by molar-refractivity contribution is -0.139. The van der Waals surface area contributed by atoms with Gasteiger partial charge in [-0.2, -0.15) is 0 Å². The molecule has 18 heavy (non-hydrogen) atoms. The van der Waals surface area contributed by atoms with Crippen LogP contribution >= 0.6 is 0 Å². The van der Waals surface area contributed by atoms with Crippen molar-refractivity contribution in [2.75, 3.05) is 25.6 Å². The van der Waals surface area contributed by atoms with Gasteiger partial charge in [-0.3, -0.25) is 10.1 Å². The number of anilines is 1. The highest BCUT2D eigenvalue weighted by Gasteiger charge is 2.16. The highest BCUT2D eigenvalue weighted by atomic mass is 16.4. The second kappa shape index (κ2) is 7.65. The molecule has 1 rings (SSSR count). The standard InChI is InChI=1S/C12H19N3O3/c13-10-3-1-9(2-4-10)7-11(12(17)18)15-8-14-5-6-16/h1-4,11,14-16H,5-8,13H2,(H,17,18)/t11-/m0/s1. The molecule has 100 valence electrons. The van der Waals surface area contributed by atoms with Gasteiger partial charge < -0.3 is 21.3 Å². The van der Waals surface area contributed by atoms with E-state index in [-0.39, 0.29) is 6.61 Å². The zero-order chi connectivity index (χ0) is 13.4. The molecule has 0 radical (unpaired) electrons. The van der Waals surface area contributed by atoms with Crippen LogP contribution in [0.1, 0.15) is 5.56 Å². The molecule has 0 bridgehead atoms. The molecule has 1 aromatic rings. The van der Waals surface area contributed by atoms with Gasteiger partial charge in [-0.15, -0.1) is 0 Å². The Morgan fingerprint density at radius 2 is 2.00 bits per heavy atom. The largest absolute Gasteiger partial charge is 0.480 e. The molecule has 0 saturated carbocycles. The Kier molecular flexibility index (Phi) is 6.13. The van der Waals surface area contributed by atoms with Gasteiger partial charge in [0.05, 0.1) is 6.61 Å². The van der Waals surface area contributed by atoms with E-state index in [1.807, 2.05) is 12.1 Å². The Morgan fingerprint density at radius 1 is 1.33 bits per heavy atom. The topological polar surface area (TPSA) is 108 Å². The molecule has 6 N–H and O–H groups in total. The van der Waals surface area contributed by atoms with Crippen LogP contribution < -0.4 is 16.4 Å². The minimum absolute atomic E-state index is 0.0252. The number of nitrogens with one attached hydrogen (secondary N) is 2. The second-order valence-corrected chi connectivity index (χ2v) is 3.94. The molecule has 0 aliphatic carbocycles. The van der Waals surface area contributed by atoms with Gasteiger partial charge in [0.1, 0.15) is 6.04 Å². The molecular weight excluding hydrogens is 234 g/mol. The van der Waals surface area contributed by atoms with Crippen molar-refractivity contribution < 1.29 is 15.0 Å². The van der Waals surface area contributed by atoms with Crippen LogP contribution in [0.4, 0.5) is 5.69 Å². The SMILES string of the molecule is Nc1ccc(C[C@H](NCNCCO)C(=O)O)cc1. The van der Waals surface area contributed by atoms with Gasteiger partial charge in [0, 0.05) is 18.9 Å². The van der Waals surface area contributed by atoms with Crippen molar-refractivity contribution in [3.05, 3.63) is 29.8 Å².